The number of hydrogen-bond acceptors (Lipinski definition) is 9. The van der Waals surface area contributed by atoms with E-state index in [0.29, 0.717) is 0 Å². The molecule has 1 heterocycles. The van der Waals surface area contributed by atoms with Crippen LogP contribution >= 0.6 is 0 Å². The molecule has 3 aromatic rings. The van der Waals surface area contributed by atoms with Gasteiger partial charge in [0.2, 0.25) is 11.7 Å². The first kappa shape index (κ1) is 30.9. The van der Waals surface area contributed by atoms with Crippen molar-refractivity contribution in [1.82, 2.24) is 20.9 Å². The minimum absolute atomic E-state index is 0.145. The highest BCUT2D eigenvalue weighted by molar-refractivity contribution is 6.03. The molecule has 1 atom stereocenters. The van der Waals surface area contributed by atoms with Crippen molar-refractivity contribution in [2.45, 2.75) is 25.8 Å². The molecule has 1 aromatic heterocycles. The highest BCUT2D eigenvalue weighted by Gasteiger charge is 2.23. The molecular weight excluding hydrogens is 544 g/mol. The predicted octanol–water partition coefficient (Wildman–Crippen LogP) is 2.47. The summed E-state index contributed by atoms with van der Waals surface area (Å²) in [6.45, 7) is 1.67. The average molecular weight is 575 g/mol. The predicted molar refractivity (Wildman–Crippen MR) is 153 cm³/mol. The van der Waals surface area contributed by atoms with E-state index in [9.17, 15) is 29.3 Å². The van der Waals surface area contributed by atoms with Crippen LogP contribution in [-0.4, -0.2) is 52.8 Å². The number of benzene rings is 2. The molecule has 2 aromatic carbocycles. The summed E-state index contributed by atoms with van der Waals surface area (Å²) in [4.78, 5) is 65.4. The number of hydrogen-bond donors (Lipinski definition) is 4. The van der Waals surface area contributed by atoms with E-state index in [2.05, 4.69) is 26.3 Å². The number of carbonyl (C=O) groups excluding carboxylic acids is 4. The van der Waals surface area contributed by atoms with Crippen molar-refractivity contribution >= 4 is 35.2 Å². The third-order valence-electron chi connectivity index (χ3n) is 5.69. The lowest BCUT2D eigenvalue weighted by Gasteiger charge is -2.18. The molecule has 13 nitrogen and oxygen atoms in total. The molecular formula is C29H30N6O7. The van der Waals surface area contributed by atoms with E-state index in [-0.39, 0.29) is 48.8 Å². The Morgan fingerprint density at radius 2 is 1.69 bits per heavy atom. The normalized spacial score (nSPS) is 11.5. The van der Waals surface area contributed by atoms with E-state index in [4.69, 9.17) is 4.74 Å². The summed E-state index contributed by atoms with van der Waals surface area (Å²) in [7, 11) is 0. The number of amides is 3. The van der Waals surface area contributed by atoms with Crippen molar-refractivity contribution in [1.29, 1.82) is 0 Å². The van der Waals surface area contributed by atoms with Crippen LogP contribution in [0.25, 0.3) is 0 Å². The van der Waals surface area contributed by atoms with Crippen molar-refractivity contribution in [3.05, 3.63) is 112 Å². The molecule has 0 fully saturated rings. The Morgan fingerprint density at radius 3 is 2.36 bits per heavy atom. The fraction of sp³-hybridized carbons (Fsp3) is 0.207. The summed E-state index contributed by atoms with van der Waals surface area (Å²) in [6.07, 6.45) is 2.44. The fourth-order valence-corrected chi connectivity index (χ4v) is 3.68. The molecule has 0 aliphatic heterocycles. The Hall–Kier alpha value is -5.59. The zero-order valence-corrected chi connectivity index (χ0v) is 22.7. The molecule has 0 saturated heterocycles. The quantitative estimate of drug-likeness (QED) is 0.0973. The number of ether oxygens (including phenoxy) is 1. The van der Waals surface area contributed by atoms with E-state index in [1.807, 2.05) is 30.3 Å². The number of aromatic nitrogens is 1. The number of carbonyl (C=O) groups is 4. The van der Waals surface area contributed by atoms with Crippen LogP contribution in [0.5, 0.6) is 0 Å². The molecule has 0 unspecified atom stereocenters. The standard InChI is InChI=1S/C29H30N6O7/c1-2-42-29(39)22(18-20-10-5-3-6-11-20)33-25(36)15-17-31-28(38)23(34-27(37)21-12-7-4-8-13-21)19-32-26-24(35(40)41)14-9-16-30-26/h3-14,16,19,22H,2,15,17-18H2,1H3,(H,30,32)(H,31,38)(H,33,36)(H,34,37)/b23-19-/t22-/m0/s1. The van der Waals surface area contributed by atoms with Crippen LogP contribution in [0.4, 0.5) is 11.5 Å². The Balaban J connectivity index is 1.67. The van der Waals surface area contributed by atoms with Gasteiger partial charge in [-0.25, -0.2) is 9.78 Å². The second kappa shape index (κ2) is 15.9. The van der Waals surface area contributed by atoms with Crippen LogP contribution in [0.2, 0.25) is 0 Å². The van der Waals surface area contributed by atoms with E-state index < -0.39 is 34.7 Å². The summed E-state index contributed by atoms with van der Waals surface area (Å²) in [6, 6.07) is 18.9. The third kappa shape index (κ3) is 9.55. The smallest absolute Gasteiger partial charge is 0.328 e. The van der Waals surface area contributed by atoms with E-state index in [1.165, 1.54) is 18.3 Å². The molecule has 3 amide bonds. The molecule has 0 spiro atoms. The topological polar surface area (TPSA) is 182 Å². The maximum atomic E-state index is 13.0. The van der Waals surface area contributed by atoms with Gasteiger partial charge in [0.15, 0.2) is 0 Å². The van der Waals surface area contributed by atoms with Crippen molar-refractivity contribution in [3.8, 4) is 0 Å². The number of nitrogens with zero attached hydrogens (tertiary/aromatic N) is 2. The molecule has 42 heavy (non-hydrogen) atoms. The van der Waals surface area contributed by atoms with Gasteiger partial charge >= 0.3 is 11.7 Å². The lowest BCUT2D eigenvalue weighted by Crippen LogP contribution is -2.44. The number of pyridine rings is 1. The summed E-state index contributed by atoms with van der Waals surface area (Å²) >= 11 is 0. The Bertz CT molecular complexity index is 1430. The van der Waals surface area contributed by atoms with Gasteiger partial charge in [0.05, 0.1) is 11.5 Å². The molecule has 0 saturated carbocycles. The van der Waals surface area contributed by atoms with Crippen LogP contribution < -0.4 is 21.3 Å². The second-order valence-corrected chi connectivity index (χ2v) is 8.72. The highest BCUT2D eigenvalue weighted by atomic mass is 16.6. The molecule has 0 radical (unpaired) electrons. The lowest BCUT2D eigenvalue weighted by molar-refractivity contribution is -0.384. The van der Waals surface area contributed by atoms with Gasteiger partial charge in [0.1, 0.15) is 11.7 Å². The average Bonchev–Trinajstić information content (AvgIpc) is 2.99. The zero-order valence-electron chi connectivity index (χ0n) is 22.7. The van der Waals surface area contributed by atoms with E-state index in [0.717, 1.165) is 11.8 Å². The number of nitro groups is 1. The SMILES string of the molecule is CCOC(=O)[C@H](Cc1ccccc1)NC(=O)CCNC(=O)/C(=C/Nc1ncccc1[N+](=O)[O-])NC(=O)c1ccccc1. The molecule has 3 rings (SSSR count). The first-order valence-corrected chi connectivity index (χ1v) is 13.0. The van der Waals surface area contributed by atoms with Crippen LogP contribution in [-0.2, 0) is 25.5 Å². The molecule has 0 bridgehead atoms. The molecule has 13 heteroatoms. The van der Waals surface area contributed by atoms with E-state index >= 15 is 0 Å². The number of anilines is 1. The van der Waals surface area contributed by atoms with Gasteiger partial charge in [0, 0.05) is 43.4 Å². The minimum Gasteiger partial charge on any atom is -0.464 e. The molecule has 218 valence electrons. The van der Waals surface area contributed by atoms with Gasteiger partial charge in [-0.05, 0) is 30.7 Å². The summed E-state index contributed by atoms with van der Waals surface area (Å²) < 4.78 is 5.09. The van der Waals surface area contributed by atoms with Gasteiger partial charge in [0.25, 0.3) is 11.8 Å². The first-order chi connectivity index (χ1) is 20.3. The highest BCUT2D eigenvalue weighted by Crippen LogP contribution is 2.20. The summed E-state index contributed by atoms with van der Waals surface area (Å²) in [5.74, 6) is -2.62. The Kier molecular flexibility index (Phi) is 11.7. The summed E-state index contributed by atoms with van der Waals surface area (Å²) in [5.41, 5.74) is 0.473. The van der Waals surface area contributed by atoms with Gasteiger partial charge in [-0.2, -0.15) is 0 Å². The van der Waals surface area contributed by atoms with Crippen LogP contribution in [0.1, 0.15) is 29.3 Å². The third-order valence-corrected chi connectivity index (χ3v) is 5.69. The molecule has 0 aliphatic rings. The maximum absolute atomic E-state index is 13.0. The monoisotopic (exact) mass is 574 g/mol. The van der Waals surface area contributed by atoms with Crippen molar-refractivity contribution < 1.29 is 28.8 Å². The zero-order chi connectivity index (χ0) is 30.3. The van der Waals surface area contributed by atoms with Crippen LogP contribution in [0.3, 0.4) is 0 Å². The van der Waals surface area contributed by atoms with Crippen molar-refractivity contribution in [2.24, 2.45) is 0 Å². The largest absolute Gasteiger partial charge is 0.464 e. The molecule has 0 aliphatic carbocycles. The minimum atomic E-state index is -0.922. The van der Waals surface area contributed by atoms with Gasteiger partial charge < -0.3 is 26.0 Å². The van der Waals surface area contributed by atoms with Gasteiger partial charge in [-0.1, -0.05) is 48.5 Å². The Labute approximate surface area is 241 Å². The van der Waals surface area contributed by atoms with Crippen LogP contribution in [0.15, 0.2) is 90.9 Å². The van der Waals surface area contributed by atoms with Crippen LogP contribution in [0, 0.1) is 10.1 Å². The van der Waals surface area contributed by atoms with Crippen molar-refractivity contribution in [2.75, 3.05) is 18.5 Å². The van der Waals surface area contributed by atoms with E-state index in [1.54, 1.807) is 37.3 Å². The number of nitrogens with one attached hydrogen (secondary N) is 4. The lowest BCUT2D eigenvalue weighted by atomic mass is 10.1. The molecule has 4 N–H and O–H groups in total. The second-order valence-electron chi connectivity index (χ2n) is 8.72. The van der Waals surface area contributed by atoms with Gasteiger partial charge in [-0.15, -0.1) is 0 Å². The first-order valence-electron chi connectivity index (χ1n) is 13.0. The number of rotatable bonds is 14. The fourth-order valence-electron chi connectivity index (χ4n) is 3.68. The summed E-state index contributed by atoms with van der Waals surface area (Å²) in [5, 5.41) is 21.5. The number of esters is 1. The maximum Gasteiger partial charge on any atom is 0.328 e. The van der Waals surface area contributed by atoms with Gasteiger partial charge in [-0.3, -0.25) is 24.5 Å². The Morgan fingerprint density at radius 1 is 1.00 bits per heavy atom. The van der Waals surface area contributed by atoms with Crippen molar-refractivity contribution in [3.63, 3.8) is 0 Å².